The number of benzene rings is 1. The fraction of sp³-hybridized carbons (Fsp3) is 0.278. The maximum atomic E-state index is 12.2. The summed E-state index contributed by atoms with van der Waals surface area (Å²) in [4.78, 5) is 25.1. The minimum atomic E-state index is -0.173. The minimum Gasteiger partial charge on any atom is -0.348 e. The van der Waals surface area contributed by atoms with Crippen molar-refractivity contribution in [2.45, 2.75) is 19.5 Å². The molecule has 1 N–H and O–H groups in total. The van der Waals surface area contributed by atoms with Crippen LogP contribution in [-0.4, -0.2) is 32.5 Å². The summed E-state index contributed by atoms with van der Waals surface area (Å²) in [5.74, 6) is 0. The molecule has 0 amide bonds. The molecular formula is C18H17N5O. The third kappa shape index (κ3) is 2.39. The van der Waals surface area contributed by atoms with Gasteiger partial charge in [-0.05, 0) is 12.0 Å². The Labute approximate surface area is 139 Å². The van der Waals surface area contributed by atoms with Crippen LogP contribution in [0.1, 0.15) is 11.3 Å². The van der Waals surface area contributed by atoms with Gasteiger partial charge in [0.15, 0.2) is 0 Å². The van der Waals surface area contributed by atoms with E-state index in [-0.39, 0.29) is 5.56 Å². The topological polar surface area (TPSA) is 58.3 Å². The average Bonchev–Trinajstić information content (AvgIpc) is 2.78. The summed E-state index contributed by atoms with van der Waals surface area (Å²) in [5.41, 5.74) is 3.62. The number of hydrogen-bond donors (Lipinski definition) is 1. The van der Waals surface area contributed by atoms with Crippen molar-refractivity contribution in [2.75, 3.05) is 13.1 Å². The summed E-state index contributed by atoms with van der Waals surface area (Å²) < 4.78 is 1.99. The number of H-pyrrole nitrogens is 1. The number of nitrogens with one attached hydrogen (secondary N) is 1. The van der Waals surface area contributed by atoms with Crippen molar-refractivity contribution in [1.29, 1.82) is 0 Å². The van der Waals surface area contributed by atoms with Crippen LogP contribution in [0.2, 0.25) is 0 Å². The first-order valence-electron chi connectivity index (χ1n) is 8.00. The van der Waals surface area contributed by atoms with Crippen molar-refractivity contribution < 1.29 is 0 Å². The molecule has 0 saturated heterocycles. The molecule has 0 spiro atoms. The highest BCUT2D eigenvalue weighted by atomic mass is 16.1. The standard InChI is InChI=1S/C18H17N5O/c1-19-15-14-7-8-22(11-13-5-3-2-4-6-13)9-10-23(14)17-16(15)20-12-21-18(17)24/h2-6,12H,7-11H2,(H,20,21,24). The van der Waals surface area contributed by atoms with Crippen molar-refractivity contribution >= 4 is 16.7 Å². The van der Waals surface area contributed by atoms with Crippen LogP contribution in [0.3, 0.4) is 0 Å². The van der Waals surface area contributed by atoms with E-state index in [4.69, 9.17) is 6.57 Å². The third-order valence-electron chi connectivity index (χ3n) is 4.59. The lowest BCUT2D eigenvalue weighted by Gasteiger charge is -2.19. The maximum absolute atomic E-state index is 12.2. The van der Waals surface area contributed by atoms with Crippen LogP contribution in [0.5, 0.6) is 0 Å². The lowest BCUT2D eigenvalue weighted by Crippen LogP contribution is -2.26. The Morgan fingerprint density at radius 2 is 2.04 bits per heavy atom. The van der Waals surface area contributed by atoms with E-state index >= 15 is 0 Å². The lowest BCUT2D eigenvalue weighted by molar-refractivity contribution is 0.272. The zero-order chi connectivity index (χ0) is 16.5. The Kier molecular flexibility index (Phi) is 3.63. The lowest BCUT2D eigenvalue weighted by atomic mass is 10.2. The van der Waals surface area contributed by atoms with Gasteiger partial charge in [0.25, 0.3) is 5.56 Å². The van der Waals surface area contributed by atoms with Gasteiger partial charge in [0.2, 0.25) is 5.69 Å². The first-order valence-corrected chi connectivity index (χ1v) is 8.00. The van der Waals surface area contributed by atoms with Gasteiger partial charge in [0.05, 0.1) is 12.9 Å². The summed E-state index contributed by atoms with van der Waals surface area (Å²) in [5, 5.41) is 0. The van der Waals surface area contributed by atoms with Gasteiger partial charge in [-0.2, -0.15) is 0 Å². The Balaban J connectivity index is 1.69. The second kappa shape index (κ2) is 5.95. The number of rotatable bonds is 2. The molecule has 6 heteroatoms. The maximum Gasteiger partial charge on any atom is 0.273 e. The molecular weight excluding hydrogens is 302 g/mol. The van der Waals surface area contributed by atoms with Crippen molar-refractivity contribution in [3.8, 4) is 0 Å². The molecule has 0 bridgehead atoms. The molecule has 3 heterocycles. The second-order valence-electron chi connectivity index (χ2n) is 6.00. The van der Waals surface area contributed by atoms with E-state index in [1.54, 1.807) is 0 Å². The van der Waals surface area contributed by atoms with Crippen molar-refractivity contribution in [2.24, 2.45) is 0 Å². The molecule has 120 valence electrons. The molecule has 0 fully saturated rings. The molecule has 0 aliphatic carbocycles. The second-order valence-corrected chi connectivity index (χ2v) is 6.00. The molecule has 2 aromatic heterocycles. The zero-order valence-electron chi connectivity index (χ0n) is 13.2. The predicted molar refractivity (Wildman–Crippen MR) is 92.0 cm³/mol. The van der Waals surface area contributed by atoms with Gasteiger partial charge in [0, 0.05) is 31.9 Å². The molecule has 1 aromatic carbocycles. The minimum absolute atomic E-state index is 0.173. The molecule has 4 rings (SSSR count). The highest BCUT2D eigenvalue weighted by Gasteiger charge is 2.24. The average molecular weight is 319 g/mol. The molecule has 0 saturated carbocycles. The van der Waals surface area contributed by atoms with Crippen molar-refractivity contribution in [3.05, 3.63) is 69.7 Å². The van der Waals surface area contributed by atoms with E-state index in [2.05, 4.69) is 31.8 Å². The number of aromatic amines is 1. The van der Waals surface area contributed by atoms with E-state index in [1.165, 1.54) is 11.9 Å². The molecule has 1 aliphatic heterocycles. The first kappa shape index (κ1) is 14.7. The summed E-state index contributed by atoms with van der Waals surface area (Å²) in [6.45, 7) is 10.8. The number of nitrogens with zero attached hydrogens (tertiary/aromatic N) is 4. The Morgan fingerprint density at radius 3 is 2.83 bits per heavy atom. The highest BCUT2D eigenvalue weighted by molar-refractivity contribution is 5.91. The quantitative estimate of drug-likeness (QED) is 0.738. The van der Waals surface area contributed by atoms with E-state index in [1.807, 2.05) is 22.8 Å². The summed E-state index contributed by atoms with van der Waals surface area (Å²) in [7, 11) is 0. The van der Waals surface area contributed by atoms with Crippen LogP contribution in [-0.2, 0) is 19.5 Å². The smallest absolute Gasteiger partial charge is 0.273 e. The van der Waals surface area contributed by atoms with Crippen LogP contribution >= 0.6 is 0 Å². The SMILES string of the molecule is [C-]#[N+]c1c2n(c3c(=O)[nH]cnc13)CCN(Cc1ccccc1)CC2. The first-order chi connectivity index (χ1) is 11.8. The van der Waals surface area contributed by atoms with E-state index in [0.717, 1.165) is 31.7 Å². The van der Waals surface area contributed by atoms with Gasteiger partial charge >= 0.3 is 0 Å². The van der Waals surface area contributed by atoms with Gasteiger partial charge in [-0.1, -0.05) is 30.3 Å². The molecule has 0 unspecified atom stereocenters. The van der Waals surface area contributed by atoms with Crippen molar-refractivity contribution in [1.82, 2.24) is 19.4 Å². The van der Waals surface area contributed by atoms with Gasteiger partial charge in [-0.3, -0.25) is 9.69 Å². The normalized spacial score (nSPS) is 15.0. The number of hydrogen-bond acceptors (Lipinski definition) is 3. The van der Waals surface area contributed by atoms with E-state index in [0.29, 0.717) is 23.3 Å². The molecule has 24 heavy (non-hydrogen) atoms. The van der Waals surface area contributed by atoms with E-state index in [9.17, 15) is 4.79 Å². The Morgan fingerprint density at radius 1 is 1.21 bits per heavy atom. The molecule has 3 aromatic rings. The van der Waals surface area contributed by atoms with Crippen LogP contribution in [0.4, 0.5) is 5.69 Å². The van der Waals surface area contributed by atoms with Crippen LogP contribution in [0.25, 0.3) is 15.9 Å². The van der Waals surface area contributed by atoms with Crippen LogP contribution in [0.15, 0.2) is 41.5 Å². The zero-order valence-corrected chi connectivity index (χ0v) is 13.2. The number of fused-ring (bicyclic) bond motifs is 3. The molecule has 0 atom stereocenters. The van der Waals surface area contributed by atoms with Crippen molar-refractivity contribution in [3.63, 3.8) is 0 Å². The van der Waals surface area contributed by atoms with Gasteiger partial charge in [0.1, 0.15) is 11.0 Å². The summed E-state index contributed by atoms with van der Waals surface area (Å²) in [6, 6.07) is 10.4. The predicted octanol–water partition coefficient (Wildman–Crippen LogP) is 2.33. The van der Waals surface area contributed by atoms with Gasteiger partial charge in [-0.25, -0.2) is 9.83 Å². The molecule has 1 aliphatic rings. The monoisotopic (exact) mass is 319 g/mol. The number of aromatic nitrogens is 3. The summed E-state index contributed by atoms with van der Waals surface area (Å²) >= 11 is 0. The fourth-order valence-electron chi connectivity index (χ4n) is 3.45. The molecule has 6 nitrogen and oxygen atoms in total. The van der Waals surface area contributed by atoms with E-state index < -0.39 is 0 Å². The third-order valence-corrected chi connectivity index (χ3v) is 4.59. The van der Waals surface area contributed by atoms with Crippen LogP contribution < -0.4 is 5.56 Å². The largest absolute Gasteiger partial charge is 0.348 e. The van der Waals surface area contributed by atoms with Crippen LogP contribution in [0, 0.1) is 6.57 Å². The highest BCUT2D eigenvalue weighted by Crippen LogP contribution is 2.32. The van der Waals surface area contributed by atoms with Gasteiger partial charge in [-0.15, -0.1) is 0 Å². The summed E-state index contributed by atoms with van der Waals surface area (Å²) in [6.07, 6.45) is 2.13. The van der Waals surface area contributed by atoms with Gasteiger partial charge < -0.3 is 9.55 Å². The Hall–Kier alpha value is -2.91. The Bertz CT molecular complexity index is 980. The fourth-order valence-corrected chi connectivity index (χ4v) is 3.45. The molecule has 0 radical (unpaired) electrons.